The molecule has 0 radical (unpaired) electrons. The van der Waals surface area contributed by atoms with Crippen LogP contribution >= 0.6 is 0 Å². The Balaban J connectivity index is 0.000000160. The zero-order chi connectivity index (χ0) is 15.9. The maximum absolute atomic E-state index is 10.4. The second-order valence-electron chi connectivity index (χ2n) is 4.59. The van der Waals surface area contributed by atoms with Crippen LogP contribution in [0.3, 0.4) is 0 Å². The average Bonchev–Trinajstić information content (AvgIpc) is 2.98. The number of fused-ring (bicyclic) bond motifs is 1. The van der Waals surface area contributed by atoms with Crippen LogP contribution < -0.4 is 11.5 Å². The number of benzene rings is 2. The molecule has 3 rings (SSSR count). The third-order valence-corrected chi connectivity index (χ3v) is 3.16. The molecule has 0 aliphatic carbocycles. The number of carboxylic acid groups (broad SMARTS) is 1. The van der Waals surface area contributed by atoms with Crippen molar-refractivity contribution in [3.8, 4) is 0 Å². The normalized spacial score (nSPS) is 10.1. The number of carboxylic acids is 1. The van der Waals surface area contributed by atoms with Gasteiger partial charge in [-0.05, 0) is 29.8 Å². The molecule has 3 aromatic rings. The van der Waals surface area contributed by atoms with E-state index in [1.165, 1.54) is 0 Å². The van der Waals surface area contributed by atoms with Crippen molar-refractivity contribution < 1.29 is 9.90 Å². The van der Waals surface area contributed by atoms with Crippen molar-refractivity contribution in [3.05, 3.63) is 66.0 Å². The first-order valence-corrected chi connectivity index (χ1v) is 6.78. The molecule has 0 saturated heterocycles. The van der Waals surface area contributed by atoms with Gasteiger partial charge < -0.3 is 21.1 Å². The minimum Gasteiger partial charge on any atom is -0.478 e. The molecule has 0 atom stereocenters. The smallest absolute Gasteiger partial charge is 0.335 e. The van der Waals surface area contributed by atoms with E-state index in [-0.39, 0.29) is 0 Å². The van der Waals surface area contributed by atoms with Crippen LogP contribution in [0, 0.1) is 0 Å². The summed E-state index contributed by atoms with van der Waals surface area (Å²) in [5.41, 5.74) is 14.1. The van der Waals surface area contributed by atoms with E-state index >= 15 is 0 Å². The summed E-state index contributed by atoms with van der Waals surface area (Å²) in [5.74, 6) is -0.909. The highest BCUT2D eigenvalue weighted by molar-refractivity contribution is 5.87. The van der Waals surface area contributed by atoms with Crippen LogP contribution in [-0.4, -0.2) is 20.6 Å². The maximum atomic E-state index is 10.4. The van der Waals surface area contributed by atoms with Gasteiger partial charge in [-0.3, -0.25) is 0 Å². The average molecular weight is 298 g/mol. The summed E-state index contributed by atoms with van der Waals surface area (Å²) in [6.45, 7) is 0.931. The van der Waals surface area contributed by atoms with Gasteiger partial charge in [-0.25, -0.2) is 9.78 Å². The largest absolute Gasteiger partial charge is 0.478 e. The fourth-order valence-corrected chi connectivity index (χ4v) is 1.94. The van der Waals surface area contributed by atoms with E-state index in [4.69, 9.17) is 16.6 Å². The lowest BCUT2D eigenvalue weighted by Gasteiger charge is -1.96. The summed E-state index contributed by atoms with van der Waals surface area (Å²) in [7, 11) is 0. The molecule has 2 aromatic carbocycles. The molecule has 0 amide bonds. The van der Waals surface area contributed by atoms with Gasteiger partial charge in [0.15, 0.2) is 0 Å². The summed E-state index contributed by atoms with van der Waals surface area (Å²) >= 11 is 0. The first-order valence-electron chi connectivity index (χ1n) is 6.78. The number of imidazole rings is 1. The molecule has 0 bridgehead atoms. The van der Waals surface area contributed by atoms with Gasteiger partial charge in [-0.1, -0.05) is 24.3 Å². The minimum absolute atomic E-state index is 0.294. The van der Waals surface area contributed by atoms with Crippen LogP contribution in [0.4, 0.5) is 0 Å². The summed E-state index contributed by atoms with van der Waals surface area (Å²) in [6.07, 6.45) is 1.75. The molecule has 22 heavy (non-hydrogen) atoms. The van der Waals surface area contributed by atoms with Crippen LogP contribution in [0.1, 0.15) is 15.9 Å². The molecule has 0 unspecified atom stereocenters. The molecule has 0 spiro atoms. The highest BCUT2D eigenvalue weighted by Crippen LogP contribution is 2.09. The summed E-state index contributed by atoms with van der Waals surface area (Å²) in [6, 6.07) is 14.4. The number of hydrogen-bond acceptors (Lipinski definition) is 4. The number of carbonyl (C=O) groups is 1. The highest BCUT2D eigenvalue weighted by Gasteiger charge is 1.99. The van der Waals surface area contributed by atoms with Crippen molar-refractivity contribution in [3.63, 3.8) is 0 Å². The van der Waals surface area contributed by atoms with E-state index in [9.17, 15) is 4.79 Å². The molecule has 1 aromatic heterocycles. The van der Waals surface area contributed by atoms with Crippen molar-refractivity contribution in [2.45, 2.75) is 13.2 Å². The molecular weight excluding hydrogens is 280 g/mol. The van der Waals surface area contributed by atoms with E-state index in [1.807, 2.05) is 28.8 Å². The van der Waals surface area contributed by atoms with Gasteiger partial charge in [0.2, 0.25) is 0 Å². The first-order chi connectivity index (χ1) is 10.7. The first kappa shape index (κ1) is 15.7. The lowest BCUT2D eigenvalue weighted by molar-refractivity contribution is 0.0697. The Morgan fingerprint density at radius 1 is 1.09 bits per heavy atom. The van der Waals surface area contributed by atoms with Gasteiger partial charge in [-0.2, -0.15) is 0 Å². The van der Waals surface area contributed by atoms with Crippen LogP contribution in [0.25, 0.3) is 11.0 Å². The number of aromatic nitrogens is 2. The van der Waals surface area contributed by atoms with E-state index < -0.39 is 5.97 Å². The quantitative estimate of drug-likeness (QED) is 0.683. The van der Waals surface area contributed by atoms with Gasteiger partial charge in [0.25, 0.3) is 0 Å². The van der Waals surface area contributed by atoms with Gasteiger partial charge >= 0.3 is 5.97 Å². The monoisotopic (exact) mass is 298 g/mol. The van der Waals surface area contributed by atoms with Gasteiger partial charge in [0.05, 0.1) is 29.6 Å². The van der Waals surface area contributed by atoms with Crippen molar-refractivity contribution in [2.24, 2.45) is 11.5 Å². The van der Waals surface area contributed by atoms with E-state index in [0.717, 1.165) is 16.6 Å². The van der Waals surface area contributed by atoms with Gasteiger partial charge in [0.1, 0.15) is 0 Å². The number of aromatic carboxylic acids is 1. The van der Waals surface area contributed by atoms with Crippen molar-refractivity contribution in [1.82, 2.24) is 9.55 Å². The predicted octanol–water partition coefficient (Wildman–Crippen LogP) is 1.80. The summed E-state index contributed by atoms with van der Waals surface area (Å²) in [4.78, 5) is 14.5. The fourth-order valence-electron chi connectivity index (χ4n) is 1.94. The molecule has 0 aliphatic rings. The topological polar surface area (TPSA) is 107 Å². The van der Waals surface area contributed by atoms with Gasteiger partial charge in [-0.15, -0.1) is 0 Å². The highest BCUT2D eigenvalue weighted by atomic mass is 16.4. The van der Waals surface area contributed by atoms with Crippen molar-refractivity contribution in [1.29, 1.82) is 0 Å². The summed E-state index contributed by atoms with van der Waals surface area (Å²) < 4.78 is 1.91. The molecule has 114 valence electrons. The van der Waals surface area contributed by atoms with E-state index in [2.05, 4.69) is 4.98 Å². The standard InChI is InChI=1S/C8H9N3.C8H9NO2/c9-5-11-6-10-7-3-1-2-4-8(7)11;9-5-6-1-3-7(4-2-6)8(10)11/h1-4,6H,5,9H2;1-4H,5,9H2,(H,10,11). The lowest BCUT2D eigenvalue weighted by Crippen LogP contribution is -2.04. The second kappa shape index (κ2) is 7.35. The molecule has 5 N–H and O–H groups in total. The van der Waals surface area contributed by atoms with Gasteiger partial charge in [0, 0.05) is 6.54 Å². The Bertz CT molecular complexity index is 750. The second-order valence-corrected chi connectivity index (χ2v) is 4.59. The minimum atomic E-state index is -0.909. The van der Waals surface area contributed by atoms with Crippen LogP contribution in [0.15, 0.2) is 54.9 Å². The molecule has 0 saturated carbocycles. The number of nitrogens with two attached hydrogens (primary N) is 2. The third-order valence-electron chi connectivity index (χ3n) is 3.16. The zero-order valence-electron chi connectivity index (χ0n) is 12.0. The van der Waals surface area contributed by atoms with Crippen LogP contribution in [0.5, 0.6) is 0 Å². The summed E-state index contributed by atoms with van der Waals surface area (Å²) in [5, 5.41) is 8.52. The molecule has 1 heterocycles. The Labute approximate surface area is 128 Å². The number of hydrogen-bond donors (Lipinski definition) is 3. The van der Waals surface area contributed by atoms with Crippen molar-refractivity contribution >= 4 is 17.0 Å². The Morgan fingerprint density at radius 3 is 2.36 bits per heavy atom. The van der Waals surface area contributed by atoms with E-state index in [0.29, 0.717) is 18.8 Å². The lowest BCUT2D eigenvalue weighted by atomic mass is 10.1. The SMILES string of the molecule is NCc1ccc(C(=O)O)cc1.NCn1cnc2ccccc21. The van der Waals surface area contributed by atoms with Crippen LogP contribution in [-0.2, 0) is 13.2 Å². The fraction of sp³-hybridized carbons (Fsp3) is 0.125. The van der Waals surface area contributed by atoms with Crippen LogP contribution in [0.2, 0.25) is 0 Å². The third kappa shape index (κ3) is 3.69. The van der Waals surface area contributed by atoms with Crippen molar-refractivity contribution in [2.75, 3.05) is 0 Å². The van der Waals surface area contributed by atoms with E-state index in [1.54, 1.807) is 30.6 Å². The Morgan fingerprint density at radius 2 is 1.77 bits per heavy atom. The maximum Gasteiger partial charge on any atom is 0.335 e. The predicted molar refractivity (Wildman–Crippen MR) is 85.2 cm³/mol. The number of nitrogens with zero attached hydrogens (tertiary/aromatic N) is 2. The molecule has 0 aliphatic heterocycles. The number of rotatable bonds is 3. The zero-order valence-corrected chi connectivity index (χ0v) is 12.0. The molecule has 0 fully saturated rings. The molecular formula is C16H18N4O2. The molecule has 6 heteroatoms. The Hall–Kier alpha value is -2.70. The Kier molecular flexibility index (Phi) is 5.24. The number of para-hydroxylation sites is 2. The molecule has 6 nitrogen and oxygen atoms in total.